The number of carbonyl (C=O) groups excluding carboxylic acids is 1. The van der Waals surface area contributed by atoms with E-state index in [4.69, 9.17) is 17.0 Å². The van der Waals surface area contributed by atoms with Gasteiger partial charge in [-0.05, 0) is 12.8 Å². The Morgan fingerprint density at radius 1 is 1.24 bits per heavy atom. The summed E-state index contributed by atoms with van der Waals surface area (Å²) in [6, 6.07) is 0. The van der Waals surface area contributed by atoms with Gasteiger partial charge >= 0.3 is 6.09 Å². The molecule has 0 atom stereocenters. The fraction of sp³-hybridized carbons (Fsp3) is 0.818. The van der Waals surface area contributed by atoms with Crippen LogP contribution in [0.15, 0.2) is 0 Å². The molecule has 1 amide bonds. The molecule has 0 aliphatic carbocycles. The predicted molar refractivity (Wildman–Crippen MR) is 77.6 cm³/mol. The van der Waals surface area contributed by atoms with Gasteiger partial charge in [-0.1, -0.05) is 44.2 Å². The fourth-order valence-electron chi connectivity index (χ4n) is 0.965. The second kappa shape index (κ2) is 12.0. The normalized spacial score (nSPS) is 9.76. The molecule has 6 heteroatoms. The van der Waals surface area contributed by atoms with Gasteiger partial charge in [-0.2, -0.15) is 0 Å². The van der Waals surface area contributed by atoms with Gasteiger partial charge in [0.2, 0.25) is 0 Å². The highest BCUT2D eigenvalue weighted by Crippen LogP contribution is 2.01. The Hall–Kier alpha value is -0.490. The highest BCUT2D eigenvalue weighted by atomic mass is 32.2. The first-order chi connectivity index (χ1) is 8.20. The van der Waals surface area contributed by atoms with E-state index in [2.05, 4.69) is 24.5 Å². The molecule has 0 aliphatic heterocycles. The van der Waals surface area contributed by atoms with Crippen LogP contribution in [0.1, 0.15) is 33.1 Å². The first kappa shape index (κ1) is 16.5. The highest BCUT2D eigenvalue weighted by Gasteiger charge is 2.01. The molecule has 0 saturated carbocycles. The van der Waals surface area contributed by atoms with Crippen molar-refractivity contribution in [3.05, 3.63) is 0 Å². The van der Waals surface area contributed by atoms with E-state index in [1.807, 2.05) is 0 Å². The summed E-state index contributed by atoms with van der Waals surface area (Å²) in [5.41, 5.74) is 0. The number of thiocarbonyl (C=S) groups is 1. The SMILES string of the molecule is CCCCNC(=O)OCCSC(=S)NCCC. The van der Waals surface area contributed by atoms with Crippen molar-refractivity contribution in [3.8, 4) is 0 Å². The number of ether oxygens (including phenoxy) is 1. The Labute approximate surface area is 113 Å². The number of amides is 1. The maximum Gasteiger partial charge on any atom is 0.407 e. The van der Waals surface area contributed by atoms with Crippen molar-refractivity contribution in [2.75, 3.05) is 25.4 Å². The van der Waals surface area contributed by atoms with E-state index in [9.17, 15) is 4.79 Å². The summed E-state index contributed by atoms with van der Waals surface area (Å²) in [6.07, 6.45) is 2.76. The molecule has 0 aromatic heterocycles. The van der Waals surface area contributed by atoms with Crippen molar-refractivity contribution in [1.82, 2.24) is 10.6 Å². The Morgan fingerprint density at radius 3 is 2.65 bits per heavy atom. The maximum atomic E-state index is 11.1. The van der Waals surface area contributed by atoms with Crippen LogP contribution in [0.2, 0.25) is 0 Å². The van der Waals surface area contributed by atoms with Crippen molar-refractivity contribution >= 4 is 34.4 Å². The molecule has 0 radical (unpaired) electrons. The molecule has 17 heavy (non-hydrogen) atoms. The minimum Gasteiger partial charge on any atom is -0.449 e. The van der Waals surface area contributed by atoms with Gasteiger partial charge in [0, 0.05) is 18.8 Å². The van der Waals surface area contributed by atoms with Crippen molar-refractivity contribution in [1.29, 1.82) is 0 Å². The molecule has 0 unspecified atom stereocenters. The van der Waals surface area contributed by atoms with Gasteiger partial charge in [0.25, 0.3) is 0 Å². The number of unbranched alkanes of at least 4 members (excludes halogenated alkanes) is 1. The number of rotatable bonds is 8. The molecule has 0 aromatic rings. The van der Waals surface area contributed by atoms with Crippen LogP contribution < -0.4 is 10.6 Å². The first-order valence-electron chi connectivity index (χ1n) is 6.02. The molecule has 0 spiro atoms. The summed E-state index contributed by atoms with van der Waals surface area (Å²) in [7, 11) is 0. The molecule has 100 valence electrons. The van der Waals surface area contributed by atoms with E-state index in [0.717, 1.165) is 30.1 Å². The summed E-state index contributed by atoms with van der Waals surface area (Å²) in [5.74, 6) is 0.691. The average molecular weight is 278 g/mol. The van der Waals surface area contributed by atoms with Crippen molar-refractivity contribution in [2.24, 2.45) is 0 Å². The Bertz CT molecular complexity index is 226. The van der Waals surface area contributed by atoms with Gasteiger partial charge in [-0.15, -0.1) is 0 Å². The zero-order valence-corrected chi connectivity index (χ0v) is 12.2. The van der Waals surface area contributed by atoms with Gasteiger partial charge < -0.3 is 15.4 Å². The van der Waals surface area contributed by atoms with Crippen LogP contribution in [0.25, 0.3) is 0 Å². The van der Waals surface area contributed by atoms with E-state index >= 15 is 0 Å². The zero-order chi connectivity index (χ0) is 12.9. The smallest absolute Gasteiger partial charge is 0.407 e. The van der Waals surface area contributed by atoms with Crippen LogP contribution in [-0.2, 0) is 4.74 Å². The lowest BCUT2D eigenvalue weighted by Gasteiger charge is -2.07. The van der Waals surface area contributed by atoms with Gasteiger partial charge in [0.15, 0.2) is 0 Å². The van der Waals surface area contributed by atoms with Crippen molar-refractivity contribution < 1.29 is 9.53 Å². The maximum absolute atomic E-state index is 11.1. The Balaban J connectivity index is 3.32. The summed E-state index contributed by atoms with van der Waals surface area (Å²) < 4.78 is 5.75. The quantitative estimate of drug-likeness (QED) is 0.528. The number of hydrogen-bond acceptors (Lipinski definition) is 4. The molecular formula is C11H22N2O2S2. The number of carbonyl (C=O) groups is 1. The topological polar surface area (TPSA) is 50.4 Å². The van der Waals surface area contributed by atoms with Gasteiger partial charge in [-0.3, -0.25) is 0 Å². The van der Waals surface area contributed by atoms with Crippen LogP contribution in [0.4, 0.5) is 4.79 Å². The van der Waals surface area contributed by atoms with E-state index < -0.39 is 0 Å². The molecule has 0 saturated heterocycles. The van der Waals surface area contributed by atoms with E-state index in [1.54, 1.807) is 0 Å². The monoisotopic (exact) mass is 278 g/mol. The van der Waals surface area contributed by atoms with Crippen LogP contribution >= 0.6 is 24.0 Å². The van der Waals surface area contributed by atoms with Crippen molar-refractivity contribution in [2.45, 2.75) is 33.1 Å². The largest absolute Gasteiger partial charge is 0.449 e. The lowest BCUT2D eigenvalue weighted by molar-refractivity contribution is 0.153. The molecule has 0 aromatic carbocycles. The Morgan fingerprint density at radius 2 is 2.00 bits per heavy atom. The number of alkyl carbamates (subject to hydrolysis) is 1. The second-order valence-corrected chi connectivity index (χ2v) is 5.25. The van der Waals surface area contributed by atoms with E-state index in [1.165, 1.54) is 11.8 Å². The van der Waals surface area contributed by atoms with E-state index in [0.29, 0.717) is 18.9 Å². The number of thioether (sulfide) groups is 1. The Kier molecular flexibility index (Phi) is 11.6. The first-order valence-corrected chi connectivity index (χ1v) is 7.41. The molecule has 0 rings (SSSR count). The van der Waals surface area contributed by atoms with Crippen LogP contribution in [0.5, 0.6) is 0 Å². The van der Waals surface area contributed by atoms with Gasteiger partial charge in [0.1, 0.15) is 10.9 Å². The lowest BCUT2D eigenvalue weighted by atomic mass is 10.3. The number of hydrogen-bond donors (Lipinski definition) is 2. The van der Waals surface area contributed by atoms with Crippen LogP contribution in [0, 0.1) is 0 Å². The highest BCUT2D eigenvalue weighted by molar-refractivity contribution is 8.22. The van der Waals surface area contributed by atoms with Gasteiger partial charge in [0.05, 0.1) is 0 Å². The molecule has 0 aliphatic rings. The van der Waals surface area contributed by atoms with E-state index in [-0.39, 0.29) is 6.09 Å². The molecule has 0 fully saturated rings. The average Bonchev–Trinajstić information content (AvgIpc) is 2.32. The molecule has 2 N–H and O–H groups in total. The predicted octanol–water partition coefficient (Wildman–Crippen LogP) is 2.53. The third-order valence-corrected chi connectivity index (χ3v) is 3.14. The van der Waals surface area contributed by atoms with Crippen LogP contribution in [0.3, 0.4) is 0 Å². The fourth-order valence-corrected chi connectivity index (χ4v) is 1.87. The number of nitrogens with one attached hydrogen (secondary N) is 2. The lowest BCUT2D eigenvalue weighted by Crippen LogP contribution is -2.26. The second-order valence-electron chi connectivity index (χ2n) is 3.48. The molecule has 0 bridgehead atoms. The summed E-state index contributed by atoms with van der Waals surface area (Å²) in [5, 5.41) is 5.79. The third kappa shape index (κ3) is 11.8. The molecular weight excluding hydrogens is 256 g/mol. The molecule has 4 nitrogen and oxygen atoms in total. The summed E-state index contributed by atoms with van der Waals surface area (Å²) in [6.45, 7) is 6.12. The zero-order valence-electron chi connectivity index (χ0n) is 10.6. The van der Waals surface area contributed by atoms with Crippen LogP contribution in [-0.4, -0.2) is 35.9 Å². The summed E-state index contributed by atoms with van der Waals surface area (Å²) >= 11 is 6.58. The molecule has 0 heterocycles. The third-order valence-electron chi connectivity index (χ3n) is 1.87. The minimum atomic E-state index is -0.341. The minimum absolute atomic E-state index is 0.341. The summed E-state index contributed by atoms with van der Waals surface area (Å²) in [4.78, 5) is 11.1. The van der Waals surface area contributed by atoms with Gasteiger partial charge in [-0.25, -0.2) is 4.79 Å². The standard InChI is InChI=1S/C11H22N2O2S2/c1-3-5-7-12-10(14)15-8-9-17-11(16)13-6-4-2/h3-9H2,1-2H3,(H,12,14)(H,13,16). The van der Waals surface area contributed by atoms with Crippen molar-refractivity contribution in [3.63, 3.8) is 0 Å².